The third-order valence-electron chi connectivity index (χ3n) is 2.79. The van der Waals surface area contributed by atoms with Crippen molar-refractivity contribution in [1.82, 2.24) is 5.32 Å². The van der Waals surface area contributed by atoms with Gasteiger partial charge in [-0.15, -0.1) is 0 Å². The molecule has 0 bridgehead atoms. The van der Waals surface area contributed by atoms with Gasteiger partial charge in [-0.3, -0.25) is 9.59 Å². The van der Waals surface area contributed by atoms with Crippen molar-refractivity contribution >= 4 is 27.8 Å². The van der Waals surface area contributed by atoms with Crippen molar-refractivity contribution in [3.8, 4) is 0 Å². The molecule has 1 unspecified atom stereocenters. The lowest BCUT2D eigenvalue weighted by Crippen LogP contribution is -2.30. The maximum Gasteiger partial charge on any atom is 0.303 e. The molecule has 1 rings (SSSR count). The molecule has 0 fully saturated rings. The number of amides is 1. The SMILES string of the molecule is CCC(CNC(=O)c1cccc(F)c1Br)CC(=O)O. The van der Waals surface area contributed by atoms with Gasteiger partial charge in [-0.25, -0.2) is 4.39 Å². The van der Waals surface area contributed by atoms with Gasteiger partial charge in [-0.05, 0) is 34.0 Å². The fourth-order valence-electron chi connectivity index (χ4n) is 1.62. The summed E-state index contributed by atoms with van der Waals surface area (Å²) < 4.78 is 13.4. The van der Waals surface area contributed by atoms with E-state index >= 15 is 0 Å². The van der Waals surface area contributed by atoms with Crippen LogP contribution in [0, 0.1) is 11.7 Å². The lowest BCUT2D eigenvalue weighted by atomic mass is 10.0. The first-order valence-electron chi connectivity index (χ1n) is 5.89. The minimum absolute atomic E-state index is 0.00109. The molecule has 0 saturated heterocycles. The molecular weight excluding hydrogens is 317 g/mol. The zero-order valence-corrected chi connectivity index (χ0v) is 12.0. The van der Waals surface area contributed by atoms with Gasteiger partial charge >= 0.3 is 5.97 Å². The molecule has 0 saturated carbocycles. The smallest absolute Gasteiger partial charge is 0.303 e. The first-order chi connectivity index (χ1) is 8.95. The molecule has 6 heteroatoms. The van der Waals surface area contributed by atoms with Crippen LogP contribution in [0.15, 0.2) is 22.7 Å². The number of hydrogen-bond acceptors (Lipinski definition) is 2. The molecular formula is C13H15BrFNO3. The van der Waals surface area contributed by atoms with E-state index in [0.29, 0.717) is 6.42 Å². The van der Waals surface area contributed by atoms with Crippen LogP contribution in [0.4, 0.5) is 4.39 Å². The van der Waals surface area contributed by atoms with Crippen LogP contribution in [0.5, 0.6) is 0 Å². The number of carboxylic acid groups (broad SMARTS) is 1. The predicted octanol–water partition coefficient (Wildman–Crippen LogP) is 2.82. The quantitative estimate of drug-likeness (QED) is 0.842. The van der Waals surface area contributed by atoms with E-state index in [1.807, 2.05) is 6.92 Å². The van der Waals surface area contributed by atoms with Gasteiger partial charge in [0.05, 0.1) is 10.0 Å². The number of hydrogen-bond donors (Lipinski definition) is 2. The third kappa shape index (κ3) is 4.63. The van der Waals surface area contributed by atoms with E-state index in [4.69, 9.17) is 5.11 Å². The van der Waals surface area contributed by atoms with Crippen molar-refractivity contribution in [3.05, 3.63) is 34.1 Å². The van der Waals surface area contributed by atoms with Crippen molar-refractivity contribution in [2.75, 3.05) is 6.54 Å². The van der Waals surface area contributed by atoms with Crippen LogP contribution in [0.25, 0.3) is 0 Å². The number of rotatable bonds is 6. The molecule has 2 N–H and O–H groups in total. The van der Waals surface area contributed by atoms with E-state index in [-0.39, 0.29) is 28.9 Å². The lowest BCUT2D eigenvalue weighted by Gasteiger charge is -2.14. The average molecular weight is 332 g/mol. The molecule has 19 heavy (non-hydrogen) atoms. The number of carbonyl (C=O) groups excluding carboxylic acids is 1. The van der Waals surface area contributed by atoms with Gasteiger partial charge in [0.1, 0.15) is 5.82 Å². The molecule has 0 radical (unpaired) electrons. The van der Waals surface area contributed by atoms with E-state index in [1.165, 1.54) is 18.2 Å². The summed E-state index contributed by atoms with van der Waals surface area (Å²) >= 11 is 3.02. The Morgan fingerprint density at radius 1 is 1.47 bits per heavy atom. The summed E-state index contributed by atoms with van der Waals surface area (Å²) in [4.78, 5) is 22.5. The Morgan fingerprint density at radius 3 is 2.74 bits per heavy atom. The Balaban J connectivity index is 2.64. The minimum atomic E-state index is -0.895. The van der Waals surface area contributed by atoms with Gasteiger partial charge in [-0.2, -0.15) is 0 Å². The summed E-state index contributed by atoms with van der Waals surface area (Å²) in [6.07, 6.45) is 0.651. The van der Waals surface area contributed by atoms with Crippen LogP contribution in [-0.2, 0) is 4.79 Å². The predicted molar refractivity (Wildman–Crippen MR) is 72.5 cm³/mol. The van der Waals surface area contributed by atoms with Crippen LogP contribution in [0.1, 0.15) is 30.1 Å². The first kappa shape index (κ1) is 15.6. The van der Waals surface area contributed by atoms with E-state index in [2.05, 4.69) is 21.2 Å². The van der Waals surface area contributed by atoms with Crippen LogP contribution in [-0.4, -0.2) is 23.5 Å². The second-order valence-corrected chi connectivity index (χ2v) is 4.98. The molecule has 1 aromatic rings. The van der Waals surface area contributed by atoms with Crippen LogP contribution in [0.3, 0.4) is 0 Å². The van der Waals surface area contributed by atoms with Gasteiger partial charge in [0.15, 0.2) is 0 Å². The number of halogens is 2. The second-order valence-electron chi connectivity index (χ2n) is 4.18. The summed E-state index contributed by atoms with van der Waals surface area (Å²) in [5, 5.41) is 11.3. The zero-order valence-electron chi connectivity index (χ0n) is 10.5. The fourth-order valence-corrected chi connectivity index (χ4v) is 2.06. The molecule has 104 valence electrons. The molecule has 1 aromatic carbocycles. The van der Waals surface area contributed by atoms with Crippen molar-refractivity contribution < 1.29 is 19.1 Å². The summed E-state index contributed by atoms with van der Waals surface area (Å²) in [6.45, 7) is 2.11. The highest BCUT2D eigenvalue weighted by atomic mass is 79.9. The first-order valence-corrected chi connectivity index (χ1v) is 6.69. The molecule has 0 aliphatic heterocycles. The van der Waals surface area contributed by atoms with Crippen LogP contribution >= 0.6 is 15.9 Å². The summed E-state index contributed by atoms with van der Waals surface area (Å²) in [5.74, 6) is -1.96. The van der Waals surface area contributed by atoms with Gasteiger partial charge in [0.2, 0.25) is 0 Å². The van der Waals surface area contributed by atoms with E-state index < -0.39 is 17.7 Å². The Morgan fingerprint density at radius 2 is 2.16 bits per heavy atom. The largest absolute Gasteiger partial charge is 0.481 e. The highest BCUT2D eigenvalue weighted by Crippen LogP contribution is 2.20. The van der Waals surface area contributed by atoms with Crippen molar-refractivity contribution in [3.63, 3.8) is 0 Å². The molecule has 1 amide bonds. The molecule has 4 nitrogen and oxygen atoms in total. The number of benzene rings is 1. The van der Waals surface area contributed by atoms with Crippen molar-refractivity contribution in [1.29, 1.82) is 0 Å². The number of carboxylic acids is 1. The van der Waals surface area contributed by atoms with Gasteiger partial charge < -0.3 is 10.4 Å². The van der Waals surface area contributed by atoms with Crippen molar-refractivity contribution in [2.24, 2.45) is 5.92 Å². The molecule has 1 atom stereocenters. The van der Waals surface area contributed by atoms with Crippen LogP contribution < -0.4 is 5.32 Å². The Hall–Kier alpha value is -1.43. The second kappa shape index (κ2) is 7.23. The third-order valence-corrected chi connectivity index (χ3v) is 3.59. The van der Waals surface area contributed by atoms with Crippen molar-refractivity contribution in [2.45, 2.75) is 19.8 Å². The normalized spacial score (nSPS) is 11.9. The van der Waals surface area contributed by atoms with E-state index in [1.54, 1.807) is 0 Å². The molecule has 0 aromatic heterocycles. The molecule has 0 aliphatic rings. The Labute approximate surface area is 119 Å². The minimum Gasteiger partial charge on any atom is -0.481 e. The summed E-state index contributed by atoms with van der Waals surface area (Å²) in [7, 11) is 0. The molecule has 0 aliphatic carbocycles. The monoisotopic (exact) mass is 331 g/mol. The fraction of sp³-hybridized carbons (Fsp3) is 0.385. The summed E-state index contributed by atoms with van der Waals surface area (Å²) in [6, 6.07) is 4.20. The highest BCUT2D eigenvalue weighted by molar-refractivity contribution is 9.10. The maximum atomic E-state index is 13.3. The van der Waals surface area contributed by atoms with Crippen LogP contribution in [0.2, 0.25) is 0 Å². The average Bonchev–Trinajstić information content (AvgIpc) is 2.37. The zero-order chi connectivity index (χ0) is 14.4. The number of carbonyl (C=O) groups is 2. The topological polar surface area (TPSA) is 66.4 Å². The maximum absolute atomic E-state index is 13.3. The highest BCUT2D eigenvalue weighted by Gasteiger charge is 2.16. The van der Waals surface area contributed by atoms with E-state index in [0.717, 1.165) is 0 Å². The van der Waals surface area contributed by atoms with E-state index in [9.17, 15) is 14.0 Å². The lowest BCUT2D eigenvalue weighted by molar-refractivity contribution is -0.138. The number of aliphatic carboxylic acids is 1. The standard InChI is InChI=1S/C13H15BrFNO3/c1-2-8(6-11(17)18)7-16-13(19)9-4-3-5-10(15)12(9)14/h3-5,8H,2,6-7H2,1H3,(H,16,19)(H,17,18). The van der Waals surface area contributed by atoms with Gasteiger partial charge in [0, 0.05) is 13.0 Å². The Bertz CT molecular complexity index is 479. The summed E-state index contributed by atoms with van der Waals surface area (Å²) in [5.41, 5.74) is 0.199. The Kier molecular flexibility index (Phi) is 5.95. The number of nitrogens with one attached hydrogen (secondary N) is 1. The molecule has 0 heterocycles. The van der Waals surface area contributed by atoms with Gasteiger partial charge in [-0.1, -0.05) is 19.4 Å². The molecule has 0 spiro atoms. The van der Waals surface area contributed by atoms with Gasteiger partial charge in [0.25, 0.3) is 5.91 Å².